The molecule has 1 aliphatic carbocycles. The number of ether oxygens (including phenoxy) is 1. The third-order valence-electron chi connectivity index (χ3n) is 7.40. The maximum Gasteiger partial charge on any atom is 0.399 e. The molecule has 1 fully saturated rings. The van der Waals surface area contributed by atoms with Crippen LogP contribution in [0.4, 0.5) is 13.2 Å². The molecule has 41 heavy (non-hydrogen) atoms. The van der Waals surface area contributed by atoms with Gasteiger partial charge >= 0.3 is 6.18 Å². The lowest BCUT2D eigenvalue weighted by atomic mass is 9.95. The van der Waals surface area contributed by atoms with Gasteiger partial charge in [0.1, 0.15) is 24.0 Å². The number of hydrogen-bond donors (Lipinski definition) is 1. The van der Waals surface area contributed by atoms with Crippen LogP contribution in [-0.2, 0) is 6.42 Å². The molecule has 4 nitrogen and oxygen atoms in total. The van der Waals surface area contributed by atoms with Crippen molar-refractivity contribution in [2.75, 3.05) is 13.2 Å². The van der Waals surface area contributed by atoms with Gasteiger partial charge in [0.05, 0.1) is 0 Å². The lowest BCUT2D eigenvalue weighted by Crippen LogP contribution is -2.28. The molecule has 1 N–H and O–H groups in total. The van der Waals surface area contributed by atoms with E-state index in [2.05, 4.69) is 5.32 Å². The van der Waals surface area contributed by atoms with Crippen LogP contribution in [0.25, 0.3) is 11.3 Å². The molecule has 3 aromatic rings. The molecule has 1 amide bonds. The van der Waals surface area contributed by atoms with E-state index in [-0.39, 0.29) is 29.7 Å². The lowest BCUT2D eigenvalue weighted by molar-refractivity contribution is -0.151. The smallest absolute Gasteiger partial charge is 0.399 e. The van der Waals surface area contributed by atoms with E-state index in [9.17, 15) is 18.0 Å². The van der Waals surface area contributed by atoms with E-state index >= 15 is 0 Å². The molecule has 0 saturated heterocycles. The highest BCUT2D eigenvalue weighted by atomic mass is 19.4. The Bertz CT molecular complexity index is 1310. The summed E-state index contributed by atoms with van der Waals surface area (Å²) in [4.78, 5) is 17.6. The van der Waals surface area contributed by atoms with Crippen LogP contribution in [0, 0.1) is 19.8 Å². The Labute approximate surface area is 242 Å². The van der Waals surface area contributed by atoms with Gasteiger partial charge in [-0.15, -0.1) is 0 Å². The largest absolute Gasteiger partial charge is 0.490 e. The summed E-state index contributed by atoms with van der Waals surface area (Å²) in [5, 5.41) is 2.94. The summed E-state index contributed by atoms with van der Waals surface area (Å²) in [6, 6.07) is 14.7. The minimum absolute atomic E-state index is 0.105. The molecule has 0 bridgehead atoms. The monoisotopic (exact) mass is 568 g/mol. The molecule has 2 atom stereocenters. The summed E-state index contributed by atoms with van der Waals surface area (Å²) in [6.07, 6.45) is -0.814. The van der Waals surface area contributed by atoms with Crippen LogP contribution in [0.3, 0.4) is 0 Å². The molecule has 1 aliphatic heterocycles. The second kappa shape index (κ2) is 14.0. The number of halogens is 3. The maximum atomic E-state index is 13.8. The Hall–Kier alpha value is -3.35. The molecule has 1 saturated carbocycles. The number of hydrogen-bond acceptors (Lipinski definition) is 3. The highest BCUT2D eigenvalue weighted by Crippen LogP contribution is 2.48. The lowest BCUT2D eigenvalue weighted by Gasteiger charge is -2.18. The zero-order chi connectivity index (χ0) is 30.3. The van der Waals surface area contributed by atoms with E-state index in [4.69, 9.17) is 9.72 Å². The minimum atomic E-state index is -4.42. The van der Waals surface area contributed by atoms with Gasteiger partial charge in [-0.25, -0.2) is 4.98 Å². The molecule has 2 heterocycles. The van der Waals surface area contributed by atoms with Crippen LogP contribution in [0.1, 0.15) is 97.6 Å². The fraction of sp³-hybridized carbons (Fsp3) is 0.471. The molecular weight excluding hydrogens is 525 g/mol. The molecule has 2 aliphatic rings. The Morgan fingerprint density at radius 3 is 2.27 bits per heavy atom. The number of rotatable bonds is 7. The summed E-state index contributed by atoms with van der Waals surface area (Å²) in [5.74, 6) is -1.25. The van der Waals surface area contributed by atoms with Crippen LogP contribution >= 0.6 is 0 Å². The van der Waals surface area contributed by atoms with Crippen molar-refractivity contribution < 1.29 is 22.7 Å². The molecule has 5 rings (SSSR count). The van der Waals surface area contributed by atoms with E-state index in [1.165, 1.54) is 24.5 Å². The molecular formula is C34H43F3N2O2. The average molecular weight is 569 g/mol. The number of carbonyl (C=O) groups excluding carboxylic acids is 1. The predicted octanol–water partition coefficient (Wildman–Crippen LogP) is 8.94. The first kappa shape index (κ1) is 32.2. The maximum absolute atomic E-state index is 13.8. The van der Waals surface area contributed by atoms with Crippen molar-refractivity contribution in [2.45, 2.75) is 85.7 Å². The summed E-state index contributed by atoms with van der Waals surface area (Å²) in [7, 11) is 0. The van der Waals surface area contributed by atoms with E-state index in [1.54, 1.807) is 0 Å². The molecule has 222 valence electrons. The summed E-state index contributed by atoms with van der Waals surface area (Å²) < 4.78 is 46.9. The number of amides is 1. The van der Waals surface area contributed by atoms with Crippen molar-refractivity contribution >= 4 is 5.91 Å². The molecule has 0 spiro atoms. The summed E-state index contributed by atoms with van der Waals surface area (Å²) in [5.41, 5.74) is 5.70. The van der Waals surface area contributed by atoms with Crippen LogP contribution in [0.15, 0.2) is 48.5 Å². The van der Waals surface area contributed by atoms with Gasteiger partial charge in [0.15, 0.2) is 0 Å². The topological polar surface area (TPSA) is 51.2 Å². The van der Waals surface area contributed by atoms with Crippen molar-refractivity contribution in [3.63, 3.8) is 0 Å². The number of pyridine rings is 1. The first-order chi connectivity index (χ1) is 19.6. The highest BCUT2D eigenvalue weighted by molar-refractivity contribution is 5.94. The number of aryl methyl sites for hydroxylation is 2. The second-order valence-corrected chi connectivity index (χ2v) is 10.5. The number of fused-ring (bicyclic) bond motifs is 1. The first-order valence-corrected chi connectivity index (χ1v) is 14.8. The molecule has 1 aromatic heterocycles. The van der Waals surface area contributed by atoms with Crippen molar-refractivity contribution in [3.05, 3.63) is 82.0 Å². The summed E-state index contributed by atoms with van der Waals surface area (Å²) in [6.45, 7) is 13.6. The molecule has 7 heteroatoms. The SMILES string of the molecule is CC.CC.Cc1ccc(-c2nc([C@H](C)CNC(=O)c3ccc(CC4CC4)c(C)c3)cc3c2OCC3C(F)(F)F)cc1. The normalized spacial score (nSPS) is 16.3. The summed E-state index contributed by atoms with van der Waals surface area (Å²) >= 11 is 0. The van der Waals surface area contributed by atoms with Gasteiger partial charge in [-0.2, -0.15) is 13.2 Å². The Kier molecular flexibility index (Phi) is 11.0. The van der Waals surface area contributed by atoms with Crippen LogP contribution < -0.4 is 10.1 Å². The number of carbonyl (C=O) groups is 1. The van der Waals surface area contributed by atoms with Crippen molar-refractivity contribution in [3.8, 4) is 17.0 Å². The number of nitrogens with one attached hydrogen (secondary N) is 1. The zero-order valence-electron chi connectivity index (χ0n) is 25.3. The third kappa shape index (κ3) is 7.90. The van der Waals surface area contributed by atoms with Gasteiger partial charge in [-0.05, 0) is 68.4 Å². The molecule has 0 radical (unpaired) electrons. The zero-order valence-corrected chi connectivity index (χ0v) is 25.3. The van der Waals surface area contributed by atoms with Gasteiger partial charge in [0.25, 0.3) is 5.91 Å². The van der Waals surface area contributed by atoms with E-state index < -0.39 is 18.7 Å². The van der Waals surface area contributed by atoms with Crippen molar-refractivity contribution in [2.24, 2.45) is 5.92 Å². The van der Waals surface area contributed by atoms with Gasteiger partial charge in [0.2, 0.25) is 0 Å². The van der Waals surface area contributed by atoms with Gasteiger partial charge < -0.3 is 10.1 Å². The third-order valence-corrected chi connectivity index (χ3v) is 7.40. The van der Waals surface area contributed by atoms with E-state index in [0.717, 1.165) is 23.5 Å². The van der Waals surface area contributed by atoms with Crippen LogP contribution in [0.5, 0.6) is 5.75 Å². The fourth-order valence-corrected chi connectivity index (χ4v) is 4.82. The second-order valence-electron chi connectivity index (χ2n) is 10.5. The van der Waals surface area contributed by atoms with Gasteiger partial charge in [0, 0.05) is 34.8 Å². The Morgan fingerprint density at radius 1 is 1.02 bits per heavy atom. The fourth-order valence-electron chi connectivity index (χ4n) is 4.82. The number of aromatic nitrogens is 1. The number of benzene rings is 2. The standard InChI is InChI=1S/C30H31F3N2O2.2C2H6/c1-17-4-8-21(9-5-17)27-28-24(25(16-37-28)30(31,32)33)14-26(35-27)19(3)15-34-29(36)23-11-10-22(18(2)12-23)13-20-6-7-20;2*1-2/h4-5,8-12,14,19-20,25H,6-7,13,15-16H2,1-3H3,(H,34,36);2*1-2H3/t19-,25?;;/m1../s1. The molecule has 1 unspecified atom stereocenters. The Morgan fingerprint density at radius 2 is 1.68 bits per heavy atom. The van der Waals surface area contributed by atoms with E-state index in [1.807, 2.05) is 90.9 Å². The average Bonchev–Trinajstić information content (AvgIpc) is 3.68. The van der Waals surface area contributed by atoms with E-state index in [0.29, 0.717) is 22.5 Å². The highest BCUT2D eigenvalue weighted by Gasteiger charge is 2.47. The number of alkyl halides is 3. The van der Waals surface area contributed by atoms with Crippen LogP contribution in [0.2, 0.25) is 0 Å². The predicted molar refractivity (Wildman–Crippen MR) is 160 cm³/mol. The van der Waals surface area contributed by atoms with Gasteiger partial charge in [-0.3, -0.25) is 4.79 Å². The number of nitrogens with zero attached hydrogens (tertiary/aromatic N) is 1. The first-order valence-electron chi connectivity index (χ1n) is 14.8. The van der Waals surface area contributed by atoms with Crippen molar-refractivity contribution in [1.29, 1.82) is 0 Å². The van der Waals surface area contributed by atoms with Crippen molar-refractivity contribution in [1.82, 2.24) is 10.3 Å². The van der Waals surface area contributed by atoms with Gasteiger partial charge in [-0.1, -0.05) is 70.5 Å². The molecule has 2 aromatic carbocycles. The van der Waals surface area contributed by atoms with Crippen LogP contribution in [-0.4, -0.2) is 30.2 Å². The quantitative estimate of drug-likeness (QED) is 0.310. The minimum Gasteiger partial charge on any atom is -0.490 e. The Balaban J connectivity index is 0.00000111.